The Bertz CT molecular complexity index is 474. The quantitative estimate of drug-likeness (QED) is 0.859. The number of benzene rings is 1. The van der Waals surface area contributed by atoms with Crippen molar-refractivity contribution in [3.8, 4) is 0 Å². The third-order valence-electron chi connectivity index (χ3n) is 3.62. The molecule has 1 saturated heterocycles. The first-order valence-electron chi connectivity index (χ1n) is 6.83. The van der Waals surface area contributed by atoms with Crippen LogP contribution < -0.4 is 5.32 Å². The summed E-state index contributed by atoms with van der Waals surface area (Å²) in [5, 5.41) is 11.9. The average molecular weight is 277 g/mol. The highest BCUT2D eigenvalue weighted by molar-refractivity contribution is 5.86. The number of hydrogen-bond donors (Lipinski definition) is 2. The summed E-state index contributed by atoms with van der Waals surface area (Å²) in [6.45, 7) is 2.52. The Hall–Kier alpha value is -1.88. The van der Waals surface area contributed by atoms with E-state index in [2.05, 4.69) is 5.32 Å². The van der Waals surface area contributed by atoms with E-state index >= 15 is 0 Å². The standard InChI is InChI=1S/C15H19NO4/c1-2-12-11(8-9-20-12)14(17)16-13(15(18)19)10-6-4-3-5-7-10/h3-7,11-13H,2,8-9H2,1H3,(H,16,17)(H,18,19)/t11?,12?,13-/m0/s1. The fourth-order valence-electron chi connectivity index (χ4n) is 2.53. The molecule has 5 nitrogen and oxygen atoms in total. The van der Waals surface area contributed by atoms with Crippen molar-refractivity contribution in [2.45, 2.75) is 31.9 Å². The Morgan fingerprint density at radius 2 is 2.10 bits per heavy atom. The third kappa shape index (κ3) is 3.17. The van der Waals surface area contributed by atoms with Gasteiger partial charge in [-0.1, -0.05) is 37.3 Å². The molecule has 3 atom stereocenters. The summed E-state index contributed by atoms with van der Waals surface area (Å²) in [5.41, 5.74) is 0.570. The Kier molecular flexibility index (Phi) is 4.74. The molecule has 2 N–H and O–H groups in total. The van der Waals surface area contributed by atoms with Gasteiger partial charge in [-0.2, -0.15) is 0 Å². The maximum atomic E-state index is 12.2. The number of nitrogens with one attached hydrogen (secondary N) is 1. The van der Waals surface area contributed by atoms with Gasteiger partial charge in [0.25, 0.3) is 0 Å². The van der Waals surface area contributed by atoms with Crippen LogP contribution in [0.3, 0.4) is 0 Å². The lowest BCUT2D eigenvalue weighted by Crippen LogP contribution is -2.40. The first kappa shape index (κ1) is 14.5. The summed E-state index contributed by atoms with van der Waals surface area (Å²) in [6, 6.07) is 7.70. The Morgan fingerprint density at radius 3 is 2.70 bits per heavy atom. The lowest BCUT2D eigenvalue weighted by atomic mass is 9.97. The number of hydrogen-bond acceptors (Lipinski definition) is 3. The number of carboxylic acids is 1. The van der Waals surface area contributed by atoms with E-state index in [9.17, 15) is 14.7 Å². The molecule has 0 bridgehead atoms. The van der Waals surface area contributed by atoms with E-state index in [-0.39, 0.29) is 17.9 Å². The van der Waals surface area contributed by atoms with Gasteiger partial charge in [-0.3, -0.25) is 4.79 Å². The smallest absolute Gasteiger partial charge is 0.330 e. The molecule has 0 spiro atoms. The molecule has 1 heterocycles. The predicted molar refractivity (Wildman–Crippen MR) is 73.1 cm³/mol. The SMILES string of the molecule is CCC1OCCC1C(=O)N[C@H](C(=O)O)c1ccccc1. The van der Waals surface area contributed by atoms with Crippen LogP contribution in [0.1, 0.15) is 31.4 Å². The van der Waals surface area contributed by atoms with Gasteiger partial charge in [0, 0.05) is 6.61 Å². The molecule has 0 aromatic heterocycles. The highest BCUT2D eigenvalue weighted by Gasteiger charge is 2.35. The second-order valence-corrected chi connectivity index (χ2v) is 4.90. The van der Waals surface area contributed by atoms with Gasteiger partial charge in [-0.25, -0.2) is 4.79 Å². The van der Waals surface area contributed by atoms with Gasteiger partial charge in [-0.05, 0) is 18.4 Å². The molecule has 20 heavy (non-hydrogen) atoms. The van der Waals surface area contributed by atoms with Crippen molar-refractivity contribution in [3.05, 3.63) is 35.9 Å². The van der Waals surface area contributed by atoms with Gasteiger partial charge in [-0.15, -0.1) is 0 Å². The van der Waals surface area contributed by atoms with Crippen molar-refractivity contribution in [2.75, 3.05) is 6.61 Å². The number of carbonyl (C=O) groups excluding carboxylic acids is 1. The third-order valence-corrected chi connectivity index (χ3v) is 3.62. The fraction of sp³-hybridized carbons (Fsp3) is 0.467. The van der Waals surface area contributed by atoms with Crippen LogP contribution in [-0.4, -0.2) is 29.7 Å². The Balaban J connectivity index is 2.09. The van der Waals surface area contributed by atoms with Crippen LogP contribution in [0.4, 0.5) is 0 Å². The van der Waals surface area contributed by atoms with E-state index in [1.165, 1.54) is 0 Å². The molecule has 1 fully saturated rings. The molecule has 1 aromatic rings. The molecule has 0 aliphatic carbocycles. The second-order valence-electron chi connectivity index (χ2n) is 4.90. The molecule has 5 heteroatoms. The number of aliphatic carboxylic acids is 1. The average Bonchev–Trinajstić information content (AvgIpc) is 2.93. The molecule has 0 radical (unpaired) electrons. The highest BCUT2D eigenvalue weighted by atomic mass is 16.5. The molecular formula is C15H19NO4. The summed E-state index contributed by atoms with van der Waals surface area (Å²) < 4.78 is 5.48. The van der Waals surface area contributed by atoms with Crippen LogP contribution in [0.5, 0.6) is 0 Å². The minimum Gasteiger partial charge on any atom is -0.479 e. The molecular weight excluding hydrogens is 258 g/mol. The van der Waals surface area contributed by atoms with Crippen molar-refractivity contribution in [1.82, 2.24) is 5.32 Å². The van der Waals surface area contributed by atoms with Crippen LogP contribution in [-0.2, 0) is 14.3 Å². The van der Waals surface area contributed by atoms with Gasteiger partial charge in [0.05, 0.1) is 12.0 Å². The Labute approximate surface area is 117 Å². The van der Waals surface area contributed by atoms with Crippen LogP contribution in [0.25, 0.3) is 0 Å². The zero-order valence-corrected chi connectivity index (χ0v) is 11.4. The molecule has 1 amide bonds. The molecule has 1 aromatic carbocycles. The van der Waals surface area contributed by atoms with Crippen molar-refractivity contribution in [1.29, 1.82) is 0 Å². The van der Waals surface area contributed by atoms with Gasteiger partial charge < -0.3 is 15.2 Å². The summed E-state index contributed by atoms with van der Waals surface area (Å²) >= 11 is 0. The zero-order valence-electron chi connectivity index (χ0n) is 11.4. The van der Waals surface area contributed by atoms with E-state index in [1.54, 1.807) is 24.3 Å². The number of carboxylic acid groups (broad SMARTS) is 1. The molecule has 2 rings (SSSR count). The molecule has 108 valence electrons. The van der Waals surface area contributed by atoms with Crippen LogP contribution in [0, 0.1) is 5.92 Å². The van der Waals surface area contributed by atoms with Crippen molar-refractivity contribution in [2.24, 2.45) is 5.92 Å². The number of amides is 1. The largest absolute Gasteiger partial charge is 0.479 e. The summed E-state index contributed by atoms with van der Waals surface area (Å²) in [4.78, 5) is 23.6. The van der Waals surface area contributed by atoms with E-state index in [0.29, 0.717) is 18.6 Å². The van der Waals surface area contributed by atoms with Crippen molar-refractivity contribution in [3.63, 3.8) is 0 Å². The second kappa shape index (κ2) is 6.52. The van der Waals surface area contributed by atoms with Gasteiger partial charge in [0.15, 0.2) is 6.04 Å². The van der Waals surface area contributed by atoms with Gasteiger partial charge >= 0.3 is 5.97 Å². The number of ether oxygens (including phenoxy) is 1. The van der Waals surface area contributed by atoms with E-state index in [0.717, 1.165) is 6.42 Å². The number of carbonyl (C=O) groups is 2. The van der Waals surface area contributed by atoms with Crippen LogP contribution in [0.15, 0.2) is 30.3 Å². The first-order chi connectivity index (χ1) is 9.63. The number of rotatable bonds is 5. The highest BCUT2D eigenvalue weighted by Crippen LogP contribution is 2.24. The molecule has 1 aliphatic heterocycles. The lowest BCUT2D eigenvalue weighted by Gasteiger charge is -2.20. The predicted octanol–water partition coefficient (Wildman–Crippen LogP) is 1.74. The van der Waals surface area contributed by atoms with Gasteiger partial charge in [0.2, 0.25) is 5.91 Å². The van der Waals surface area contributed by atoms with E-state index in [1.807, 2.05) is 13.0 Å². The minimum absolute atomic E-state index is 0.111. The maximum Gasteiger partial charge on any atom is 0.330 e. The fourth-order valence-corrected chi connectivity index (χ4v) is 2.53. The van der Waals surface area contributed by atoms with Crippen molar-refractivity contribution < 1.29 is 19.4 Å². The van der Waals surface area contributed by atoms with Crippen LogP contribution >= 0.6 is 0 Å². The molecule has 2 unspecified atom stereocenters. The summed E-state index contributed by atoms with van der Waals surface area (Å²) in [6.07, 6.45) is 1.28. The monoisotopic (exact) mass is 277 g/mol. The first-order valence-corrected chi connectivity index (χ1v) is 6.83. The summed E-state index contributed by atoms with van der Waals surface area (Å²) in [5.74, 6) is -1.56. The van der Waals surface area contributed by atoms with Crippen molar-refractivity contribution >= 4 is 11.9 Å². The topological polar surface area (TPSA) is 75.6 Å². The Morgan fingerprint density at radius 1 is 1.40 bits per heavy atom. The van der Waals surface area contributed by atoms with Crippen LogP contribution in [0.2, 0.25) is 0 Å². The zero-order chi connectivity index (χ0) is 14.5. The normalized spacial score (nSPS) is 23.2. The van der Waals surface area contributed by atoms with E-state index in [4.69, 9.17) is 4.74 Å². The molecule has 0 saturated carbocycles. The summed E-state index contributed by atoms with van der Waals surface area (Å²) in [7, 11) is 0. The maximum absolute atomic E-state index is 12.2. The minimum atomic E-state index is -1.06. The van der Waals surface area contributed by atoms with Gasteiger partial charge in [0.1, 0.15) is 0 Å². The molecule has 1 aliphatic rings. The van der Waals surface area contributed by atoms with E-state index < -0.39 is 12.0 Å². The lowest BCUT2D eigenvalue weighted by molar-refractivity contribution is -0.143.